The Kier molecular flexibility index (Phi) is 15.8. The van der Waals surface area contributed by atoms with E-state index in [0.29, 0.717) is 42.9 Å². The number of piperidine rings is 1. The van der Waals surface area contributed by atoms with E-state index in [9.17, 15) is 24.6 Å². The number of ether oxygens (including phenoxy) is 3. The van der Waals surface area contributed by atoms with Gasteiger partial charge in [-0.1, -0.05) is 63.8 Å². The number of hydrogen-bond donors (Lipinski definition) is 4. The van der Waals surface area contributed by atoms with E-state index in [1.165, 1.54) is 30.9 Å². The molecule has 0 aliphatic carbocycles. The van der Waals surface area contributed by atoms with Crippen LogP contribution in [0.3, 0.4) is 0 Å². The molecule has 3 heterocycles. The SMILES string of the molecule is CC(=O)c1nccc(COc2ccc(C(C)(C)c3ccc(OCCCCCCCCOCCCCNc4ccc5c(c4)C(=O)N(C4CCC(O)NC4O)C5=O)cc3)cc2)n1. The Balaban J connectivity index is 0.770. The number of aliphatic hydroxyl groups excluding tert-OH is 2. The maximum absolute atomic E-state index is 13.1. The zero-order valence-corrected chi connectivity index (χ0v) is 35.0. The summed E-state index contributed by atoms with van der Waals surface area (Å²) in [5.74, 6) is 0.798. The lowest BCUT2D eigenvalue weighted by Gasteiger charge is -2.36. The third kappa shape index (κ3) is 11.7. The van der Waals surface area contributed by atoms with Gasteiger partial charge in [-0.3, -0.25) is 24.6 Å². The molecule has 13 heteroatoms. The van der Waals surface area contributed by atoms with E-state index in [1.54, 1.807) is 30.5 Å². The highest BCUT2D eigenvalue weighted by molar-refractivity contribution is 6.22. The van der Waals surface area contributed by atoms with E-state index < -0.39 is 30.3 Å². The number of aromatic nitrogens is 2. The number of anilines is 1. The van der Waals surface area contributed by atoms with Crippen LogP contribution in [0.15, 0.2) is 79.0 Å². The number of ketones is 1. The largest absolute Gasteiger partial charge is 0.494 e. The van der Waals surface area contributed by atoms with Gasteiger partial charge in [-0.05, 0) is 98.2 Å². The van der Waals surface area contributed by atoms with Crippen LogP contribution in [-0.4, -0.2) is 87.5 Å². The van der Waals surface area contributed by atoms with Crippen molar-refractivity contribution in [2.45, 2.75) is 115 Å². The average Bonchev–Trinajstić information content (AvgIpc) is 3.49. The second-order valence-electron chi connectivity index (χ2n) is 16.1. The Morgan fingerprint density at radius 2 is 1.40 bits per heavy atom. The molecule has 1 aromatic heterocycles. The summed E-state index contributed by atoms with van der Waals surface area (Å²) in [6.07, 6.45) is 8.78. The third-order valence-electron chi connectivity index (χ3n) is 11.3. The summed E-state index contributed by atoms with van der Waals surface area (Å²) in [7, 11) is 0. The molecule has 4 N–H and O–H groups in total. The van der Waals surface area contributed by atoms with Crippen LogP contribution in [0.4, 0.5) is 5.69 Å². The van der Waals surface area contributed by atoms with Gasteiger partial charge < -0.3 is 29.7 Å². The number of nitrogens with zero attached hydrogens (tertiary/aromatic N) is 3. The molecular formula is C47H59N5O8. The fourth-order valence-corrected chi connectivity index (χ4v) is 7.59. The first-order valence-corrected chi connectivity index (χ1v) is 21.3. The summed E-state index contributed by atoms with van der Waals surface area (Å²) in [5, 5.41) is 26.0. The van der Waals surface area contributed by atoms with Gasteiger partial charge in [-0.2, -0.15) is 0 Å². The van der Waals surface area contributed by atoms with Crippen LogP contribution in [-0.2, 0) is 16.8 Å². The van der Waals surface area contributed by atoms with E-state index in [2.05, 4.69) is 70.8 Å². The predicted molar refractivity (Wildman–Crippen MR) is 228 cm³/mol. The van der Waals surface area contributed by atoms with Gasteiger partial charge in [-0.25, -0.2) is 9.97 Å². The first-order valence-electron chi connectivity index (χ1n) is 21.3. The van der Waals surface area contributed by atoms with Gasteiger partial charge in [0.05, 0.1) is 29.5 Å². The number of unbranched alkanes of at least 4 members (excludes halogenated alkanes) is 6. The summed E-state index contributed by atoms with van der Waals surface area (Å²) in [6.45, 7) is 9.00. The molecule has 0 radical (unpaired) electrons. The molecule has 2 aliphatic heterocycles. The zero-order chi connectivity index (χ0) is 42.5. The zero-order valence-electron chi connectivity index (χ0n) is 35.0. The van der Waals surface area contributed by atoms with Gasteiger partial charge in [0.25, 0.3) is 11.8 Å². The maximum atomic E-state index is 13.1. The molecular weight excluding hydrogens is 763 g/mol. The molecule has 3 aromatic carbocycles. The number of carbonyl (C=O) groups excluding carboxylic acids is 3. The molecule has 2 aliphatic rings. The minimum Gasteiger partial charge on any atom is -0.494 e. The van der Waals surface area contributed by atoms with Crippen molar-refractivity contribution in [1.29, 1.82) is 0 Å². The lowest BCUT2D eigenvalue weighted by Crippen LogP contribution is -2.58. The summed E-state index contributed by atoms with van der Waals surface area (Å²) >= 11 is 0. The third-order valence-corrected chi connectivity index (χ3v) is 11.3. The summed E-state index contributed by atoms with van der Waals surface area (Å²) in [6, 6.07) is 22.7. The van der Waals surface area contributed by atoms with E-state index in [0.717, 1.165) is 73.8 Å². The molecule has 4 aromatic rings. The first-order chi connectivity index (χ1) is 29.0. The lowest BCUT2D eigenvalue weighted by atomic mass is 9.78. The summed E-state index contributed by atoms with van der Waals surface area (Å²) in [4.78, 5) is 47.0. The fourth-order valence-electron chi connectivity index (χ4n) is 7.59. The lowest BCUT2D eigenvalue weighted by molar-refractivity contribution is -0.0413. The highest BCUT2D eigenvalue weighted by atomic mass is 16.5. The van der Waals surface area contributed by atoms with Crippen LogP contribution in [0.25, 0.3) is 0 Å². The topological polar surface area (TPSA) is 172 Å². The molecule has 13 nitrogen and oxygen atoms in total. The minimum absolute atomic E-state index is 0.174. The molecule has 0 saturated carbocycles. The van der Waals surface area contributed by atoms with Gasteiger partial charge in [0, 0.05) is 44.0 Å². The van der Waals surface area contributed by atoms with Crippen molar-refractivity contribution < 1.29 is 38.8 Å². The van der Waals surface area contributed by atoms with Crippen LogP contribution in [0.1, 0.15) is 133 Å². The van der Waals surface area contributed by atoms with Crippen molar-refractivity contribution in [2.75, 3.05) is 31.7 Å². The monoisotopic (exact) mass is 821 g/mol. The normalized spacial score (nSPS) is 17.8. The minimum atomic E-state index is -1.17. The number of hydrogen-bond acceptors (Lipinski definition) is 12. The van der Waals surface area contributed by atoms with Crippen molar-refractivity contribution in [3.8, 4) is 11.5 Å². The van der Waals surface area contributed by atoms with Crippen LogP contribution < -0.4 is 20.1 Å². The molecule has 1 fully saturated rings. The van der Waals surface area contributed by atoms with Crippen molar-refractivity contribution in [2.24, 2.45) is 0 Å². The Morgan fingerprint density at radius 1 is 0.783 bits per heavy atom. The van der Waals surface area contributed by atoms with Gasteiger partial charge in [0.2, 0.25) is 0 Å². The van der Waals surface area contributed by atoms with E-state index in [-0.39, 0.29) is 23.6 Å². The second kappa shape index (κ2) is 21.4. The Hall–Kier alpha value is -5.21. The Morgan fingerprint density at radius 3 is 2.07 bits per heavy atom. The highest BCUT2D eigenvalue weighted by Crippen LogP contribution is 2.34. The number of nitrogens with one attached hydrogen (secondary N) is 2. The number of benzene rings is 3. The molecule has 3 unspecified atom stereocenters. The Bertz CT molecular complexity index is 2040. The molecule has 3 atom stereocenters. The average molecular weight is 822 g/mol. The smallest absolute Gasteiger partial charge is 0.262 e. The maximum Gasteiger partial charge on any atom is 0.262 e. The second-order valence-corrected chi connectivity index (χ2v) is 16.1. The predicted octanol–water partition coefficient (Wildman–Crippen LogP) is 7.20. The van der Waals surface area contributed by atoms with Crippen molar-refractivity contribution in [3.63, 3.8) is 0 Å². The molecule has 320 valence electrons. The van der Waals surface area contributed by atoms with Gasteiger partial charge in [0.15, 0.2) is 11.6 Å². The molecule has 6 rings (SSSR count). The number of Topliss-reactive ketones (excluding diaryl/α,β-unsaturated/α-hetero) is 1. The fraction of sp³-hybridized carbons (Fsp3) is 0.468. The van der Waals surface area contributed by atoms with E-state index in [4.69, 9.17) is 14.2 Å². The number of amides is 2. The number of carbonyl (C=O) groups is 3. The van der Waals surface area contributed by atoms with Crippen molar-refractivity contribution in [3.05, 3.63) is 113 Å². The van der Waals surface area contributed by atoms with E-state index >= 15 is 0 Å². The van der Waals surface area contributed by atoms with Crippen LogP contribution in [0, 0.1) is 0 Å². The van der Waals surface area contributed by atoms with Crippen LogP contribution >= 0.6 is 0 Å². The van der Waals surface area contributed by atoms with Crippen LogP contribution in [0.2, 0.25) is 0 Å². The van der Waals surface area contributed by atoms with E-state index in [1.807, 2.05) is 12.1 Å². The van der Waals surface area contributed by atoms with Crippen molar-refractivity contribution >= 4 is 23.3 Å². The summed E-state index contributed by atoms with van der Waals surface area (Å²) < 4.78 is 17.8. The molecule has 1 saturated heterocycles. The number of aliphatic hydroxyl groups is 2. The highest BCUT2D eigenvalue weighted by Gasteiger charge is 2.44. The summed E-state index contributed by atoms with van der Waals surface area (Å²) in [5.41, 5.74) is 4.25. The van der Waals surface area contributed by atoms with Crippen molar-refractivity contribution in [1.82, 2.24) is 20.2 Å². The first kappa shape index (κ1) is 44.3. The molecule has 60 heavy (non-hydrogen) atoms. The Labute approximate surface area is 352 Å². The van der Waals surface area contributed by atoms with Gasteiger partial charge >= 0.3 is 0 Å². The number of imide groups is 1. The van der Waals surface area contributed by atoms with Gasteiger partial charge in [0.1, 0.15) is 30.6 Å². The quantitative estimate of drug-likeness (QED) is 0.0338. The molecule has 0 bridgehead atoms. The van der Waals surface area contributed by atoms with Gasteiger partial charge in [-0.15, -0.1) is 0 Å². The molecule has 2 amide bonds. The standard InChI is InChI=1S/C47H59N5O8/c1-32(53)43-49-26-24-36(50-43)31-60-38-19-14-34(15-20-38)47(2,3)33-12-17-37(18-13-33)59-29-10-7-5-4-6-9-27-58-28-11-8-25-48-35-16-21-39-40(30-35)46(57)52(45(39)56)41-22-23-42(54)51-44(41)55/h12-21,24,26,30,41-42,44,48,51,54-55H,4-11,22-23,25,27-29,31H2,1-3H3. The van der Waals surface area contributed by atoms with Crippen LogP contribution in [0.5, 0.6) is 11.5 Å². The number of rotatable bonds is 23. The molecule has 0 spiro atoms. The number of fused-ring (bicyclic) bond motifs is 1.